The third kappa shape index (κ3) is 2.61. The number of esters is 1. The van der Waals surface area contributed by atoms with Gasteiger partial charge in [-0.1, -0.05) is 0 Å². The Balaban J connectivity index is 2.36. The SMILES string of the molecule is COC(=O)N1CC[C@@H](OC(C)=O)C1. The van der Waals surface area contributed by atoms with Crippen molar-refractivity contribution in [3.8, 4) is 0 Å². The summed E-state index contributed by atoms with van der Waals surface area (Å²) in [6, 6.07) is 0. The van der Waals surface area contributed by atoms with Crippen molar-refractivity contribution in [1.29, 1.82) is 0 Å². The fourth-order valence-electron chi connectivity index (χ4n) is 1.35. The molecular weight excluding hydrogens is 174 g/mol. The van der Waals surface area contributed by atoms with Gasteiger partial charge in [-0.25, -0.2) is 4.79 Å². The summed E-state index contributed by atoms with van der Waals surface area (Å²) in [4.78, 5) is 23.1. The van der Waals surface area contributed by atoms with Crippen LogP contribution in [0.1, 0.15) is 13.3 Å². The number of methoxy groups -OCH3 is 1. The van der Waals surface area contributed by atoms with Gasteiger partial charge < -0.3 is 14.4 Å². The molecule has 0 bridgehead atoms. The summed E-state index contributed by atoms with van der Waals surface area (Å²) in [5.74, 6) is -0.309. The molecule has 0 aromatic carbocycles. The Hall–Kier alpha value is -1.26. The molecule has 1 heterocycles. The molecule has 0 aromatic heterocycles. The monoisotopic (exact) mass is 187 g/mol. The summed E-state index contributed by atoms with van der Waals surface area (Å²) in [7, 11) is 1.33. The van der Waals surface area contributed by atoms with E-state index in [2.05, 4.69) is 4.74 Å². The zero-order chi connectivity index (χ0) is 9.84. The first-order chi connectivity index (χ1) is 6.13. The van der Waals surface area contributed by atoms with Crippen LogP contribution >= 0.6 is 0 Å². The van der Waals surface area contributed by atoms with E-state index >= 15 is 0 Å². The summed E-state index contributed by atoms with van der Waals surface area (Å²) >= 11 is 0. The molecule has 1 atom stereocenters. The van der Waals surface area contributed by atoms with E-state index in [4.69, 9.17) is 4.74 Å². The quantitative estimate of drug-likeness (QED) is 0.557. The molecular formula is C8H13NO4. The molecule has 1 aliphatic heterocycles. The molecule has 1 amide bonds. The van der Waals surface area contributed by atoms with Crippen molar-refractivity contribution >= 4 is 12.1 Å². The number of carbonyl (C=O) groups is 2. The molecule has 13 heavy (non-hydrogen) atoms. The van der Waals surface area contributed by atoms with Crippen LogP contribution in [-0.2, 0) is 14.3 Å². The summed E-state index contributed by atoms with van der Waals surface area (Å²) in [6.45, 7) is 2.39. The maximum Gasteiger partial charge on any atom is 0.409 e. The molecule has 0 saturated carbocycles. The number of rotatable bonds is 1. The Morgan fingerprint density at radius 1 is 1.46 bits per heavy atom. The lowest BCUT2D eigenvalue weighted by atomic mass is 10.3. The molecule has 0 radical (unpaired) electrons. The Bertz CT molecular complexity index is 216. The van der Waals surface area contributed by atoms with Crippen LogP contribution in [0.2, 0.25) is 0 Å². The van der Waals surface area contributed by atoms with Gasteiger partial charge >= 0.3 is 12.1 Å². The molecule has 5 heteroatoms. The van der Waals surface area contributed by atoms with Gasteiger partial charge in [-0.3, -0.25) is 4.79 Å². The van der Waals surface area contributed by atoms with Crippen molar-refractivity contribution in [2.75, 3.05) is 20.2 Å². The van der Waals surface area contributed by atoms with Crippen LogP contribution in [0.15, 0.2) is 0 Å². The number of nitrogens with zero attached hydrogens (tertiary/aromatic N) is 1. The van der Waals surface area contributed by atoms with Crippen molar-refractivity contribution in [3.05, 3.63) is 0 Å². The number of hydrogen-bond acceptors (Lipinski definition) is 4. The summed E-state index contributed by atoms with van der Waals surface area (Å²) in [5.41, 5.74) is 0. The summed E-state index contributed by atoms with van der Waals surface area (Å²) in [5, 5.41) is 0. The van der Waals surface area contributed by atoms with Gasteiger partial charge in [0.2, 0.25) is 0 Å². The second-order valence-electron chi connectivity index (χ2n) is 2.94. The highest BCUT2D eigenvalue weighted by molar-refractivity contribution is 5.68. The molecule has 5 nitrogen and oxygen atoms in total. The van der Waals surface area contributed by atoms with Gasteiger partial charge in [0.15, 0.2) is 0 Å². The smallest absolute Gasteiger partial charge is 0.409 e. The zero-order valence-corrected chi connectivity index (χ0v) is 7.78. The Morgan fingerprint density at radius 2 is 2.15 bits per heavy atom. The second kappa shape index (κ2) is 4.11. The first kappa shape index (κ1) is 9.83. The molecule has 0 spiro atoms. The number of carbonyl (C=O) groups excluding carboxylic acids is 2. The van der Waals surface area contributed by atoms with E-state index < -0.39 is 0 Å². The predicted molar refractivity (Wildman–Crippen MR) is 44.1 cm³/mol. The maximum absolute atomic E-state index is 11.0. The first-order valence-electron chi connectivity index (χ1n) is 4.13. The normalized spacial score (nSPS) is 21.4. The topological polar surface area (TPSA) is 55.8 Å². The zero-order valence-electron chi connectivity index (χ0n) is 7.78. The van der Waals surface area contributed by atoms with Gasteiger partial charge in [-0.15, -0.1) is 0 Å². The molecule has 0 N–H and O–H groups in total. The average molecular weight is 187 g/mol. The highest BCUT2D eigenvalue weighted by Gasteiger charge is 2.28. The average Bonchev–Trinajstić information content (AvgIpc) is 2.50. The lowest BCUT2D eigenvalue weighted by Gasteiger charge is -2.14. The minimum Gasteiger partial charge on any atom is -0.461 e. The molecule has 74 valence electrons. The number of amides is 1. The van der Waals surface area contributed by atoms with E-state index in [1.54, 1.807) is 0 Å². The summed E-state index contributed by atoms with van der Waals surface area (Å²) < 4.78 is 9.48. The first-order valence-corrected chi connectivity index (χ1v) is 4.13. The van der Waals surface area contributed by atoms with Crippen LogP contribution in [0.4, 0.5) is 4.79 Å². The van der Waals surface area contributed by atoms with E-state index in [0.29, 0.717) is 19.5 Å². The standard InChI is InChI=1S/C8H13NO4/c1-6(10)13-7-3-4-9(5-7)8(11)12-2/h7H,3-5H2,1-2H3/t7-/m1/s1. The van der Waals surface area contributed by atoms with Gasteiger partial charge in [0.05, 0.1) is 13.7 Å². The van der Waals surface area contributed by atoms with E-state index in [-0.39, 0.29) is 18.2 Å². The van der Waals surface area contributed by atoms with Gasteiger partial charge in [-0.05, 0) is 0 Å². The van der Waals surface area contributed by atoms with Gasteiger partial charge in [0, 0.05) is 19.9 Å². The van der Waals surface area contributed by atoms with E-state index in [1.165, 1.54) is 18.9 Å². The van der Waals surface area contributed by atoms with E-state index in [0.717, 1.165) is 0 Å². The van der Waals surface area contributed by atoms with Crippen LogP contribution in [-0.4, -0.2) is 43.3 Å². The van der Waals surface area contributed by atoms with E-state index in [1.807, 2.05) is 0 Å². The van der Waals surface area contributed by atoms with Crippen molar-refractivity contribution < 1.29 is 19.1 Å². The van der Waals surface area contributed by atoms with Crippen LogP contribution in [0.25, 0.3) is 0 Å². The number of likely N-dealkylation sites (tertiary alicyclic amines) is 1. The van der Waals surface area contributed by atoms with Gasteiger partial charge in [0.25, 0.3) is 0 Å². The van der Waals surface area contributed by atoms with Crippen LogP contribution < -0.4 is 0 Å². The summed E-state index contributed by atoms with van der Waals surface area (Å²) in [6.07, 6.45) is 0.153. The Labute approximate surface area is 76.6 Å². The van der Waals surface area contributed by atoms with Crippen molar-refractivity contribution in [2.24, 2.45) is 0 Å². The molecule has 0 aromatic rings. The van der Waals surface area contributed by atoms with E-state index in [9.17, 15) is 9.59 Å². The lowest BCUT2D eigenvalue weighted by molar-refractivity contribution is -0.145. The number of hydrogen-bond donors (Lipinski definition) is 0. The Morgan fingerprint density at radius 3 is 2.69 bits per heavy atom. The number of ether oxygens (including phenoxy) is 2. The Kier molecular flexibility index (Phi) is 3.11. The van der Waals surface area contributed by atoms with Crippen molar-refractivity contribution in [1.82, 2.24) is 4.90 Å². The minimum atomic E-state index is -0.366. The van der Waals surface area contributed by atoms with Crippen molar-refractivity contribution in [3.63, 3.8) is 0 Å². The molecule has 1 saturated heterocycles. The van der Waals surface area contributed by atoms with Crippen LogP contribution in [0, 0.1) is 0 Å². The predicted octanol–water partition coefficient (Wildman–Crippen LogP) is 0.390. The molecule has 1 fully saturated rings. The maximum atomic E-state index is 11.0. The second-order valence-corrected chi connectivity index (χ2v) is 2.94. The van der Waals surface area contributed by atoms with Crippen LogP contribution in [0.5, 0.6) is 0 Å². The fourth-order valence-corrected chi connectivity index (χ4v) is 1.35. The highest BCUT2D eigenvalue weighted by Crippen LogP contribution is 2.13. The lowest BCUT2D eigenvalue weighted by Crippen LogP contribution is -2.30. The largest absolute Gasteiger partial charge is 0.461 e. The third-order valence-electron chi connectivity index (χ3n) is 1.91. The fraction of sp³-hybridized carbons (Fsp3) is 0.750. The molecule has 1 aliphatic rings. The van der Waals surface area contributed by atoms with Gasteiger partial charge in [0.1, 0.15) is 6.10 Å². The highest BCUT2D eigenvalue weighted by atomic mass is 16.6. The molecule has 0 unspecified atom stereocenters. The van der Waals surface area contributed by atoms with Crippen LogP contribution in [0.3, 0.4) is 0 Å². The molecule has 1 rings (SSSR count). The van der Waals surface area contributed by atoms with Gasteiger partial charge in [-0.2, -0.15) is 0 Å². The molecule has 0 aliphatic carbocycles. The van der Waals surface area contributed by atoms with Crippen molar-refractivity contribution in [2.45, 2.75) is 19.4 Å². The minimum absolute atomic E-state index is 0.170. The third-order valence-corrected chi connectivity index (χ3v) is 1.91.